The third kappa shape index (κ3) is 2.09. The SMILES string of the molecule is CCCc1ccc(-c2nc3ccccn3c2N=O)cc1. The van der Waals surface area contributed by atoms with Crippen molar-refractivity contribution in [1.29, 1.82) is 0 Å². The van der Waals surface area contributed by atoms with Crippen molar-refractivity contribution in [3.05, 3.63) is 59.1 Å². The van der Waals surface area contributed by atoms with Crippen LogP contribution in [0.25, 0.3) is 16.9 Å². The predicted octanol–water partition coefficient (Wildman–Crippen LogP) is 4.35. The molecule has 3 aromatic rings. The summed E-state index contributed by atoms with van der Waals surface area (Å²) in [5.41, 5.74) is 3.58. The summed E-state index contributed by atoms with van der Waals surface area (Å²) in [6.45, 7) is 2.16. The quantitative estimate of drug-likeness (QED) is 0.658. The van der Waals surface area contributed by atoms with Crippen LogP contribution in [-0.4, -0.2) is 9.38 Å². The van der Waals surface area contributed by atoms with E-state index in [0.29, 0.717) is 11.5 Å². The maximum atomic E-state index is 11.1. The smallest absolute Gasteiger partial charge is 0.209 e. The van der Waals surface area contributed by atoms with Crippen LogP contribution in [0.15, 0.2) is 53.8 Å². The highest BCUT2D eigenvalue weighted by atomic mass is 16.3. The van der Waals surface area contributed by atoms with Gasteiger partial charge in [-0.3, -0.25) is 4.40 Å². The van der Waals surface area contributed by atoms with E-state index in [-0.39, 0.29) is 0 Å². The van der Waals surface area contributed by atoms with Crippen molar-refractivity contribution in [2.24, 2.45) is 5.18 Å². The zero-order valence-electron chi connectivity index (χ0n) is 11.3. The van der Waals surface area contributed by atoms with Crippen molar-refractivity contribution in [3.8, 4) is 11.3 Å². The molecule has 0 fully saturated rings. The first-order chi connectivity index (χ1) is 9.83. The summed E-state index contributed by atoms with van der Waals surface area (Å²) in [6, 6.07) is 13.8. The molecule has 0 aliphatic carbocycles. The first-order valence-electron chi connectivity index (χ1n) is 6.73. The van der Waals surface area contributed by atoms with Crippen molar-refractivity contribution in [3.63, 3.8) is 0 Å². The lowest BCUT2D eigenvalue weighted by Gasteiger charge is -2.01. The Kier molecular flexibility index (Phi) is 3.29. The molecule has 0 aliphatic rings. The second-order valence-corrected chi connectivity index (χ2v) is 4.75. The molecule has 0 N–H and O–H groups in total. The molecular formula is C16H15N3O. The molecule has 0 amide bonds. The summed E-state index contributed by atoms with van der Waals surface area (Å²) in [6.07, 6.45) is 3.98. The Labute approximate surface area is 117 Å². The highest BCUT2D eigenvalue weighted by Gasteiger charge is 2.14. The summed E-state index contributed by atoms with van der Waals surface area (Å²) < 4.78 is 1.71. The maximum Gasteiger partial charge on any atom is 0.209 e. The van der Waals surface area contributed by atoms with Gasteiger partial charge in [-0.1, -0.05) is 43.7 Å². The second-order valence-electron chi connectivity index (χ2n) is 4.75. The Morgan fingerprint density at radius 1 is 1.15 bits per heavy atom. The van der Waals surface area contributed by atoms with E-state index in [2.05, 4.69) is 29.2 Å². The average Bonchev–Trinajstić information content (AvgIpc) is 2.87. The highest BCUT2D eigenvalue weighted by molar-refractivity contribution is 5.74. The van der Waals surface area contributed by atoms with E-state index in [1.54, 1.807) is 10.6 Å². The second kappa shape index (κ2) is 5.25. The molecule has 2 heterocycles. The Hall–Kier alpha value is -2.49. The fraction of sp³-hybridized carbons (Fsp3) is 0.188. The fourth-order valence-electron chi connectivity index (χ4n) is 2.38. The molecule has 4 nitrogen and oxygen atoms in total. The number of hydrogen-bond acceptors (Lipinski definition) is 3. The van der Waals surface area contributed by atoms with Gasteiger partial charge >= 0.3 is 0 Å². The lowest BCUT2D eigenvalue weighted by atomic mass is 10.1. The Balaban J connectivity index is 2.11. The number of aromatic nitrogens is 2. The number of nitroso groups, excluding NO2 is 1. The van der Waals surface area contributed by atoms with E-state index >= 15 is 0 Å². The van der Waals surface area contributed by atoms with Crippen molar-refractivity contribution in [1.82, 2.24) is 9.38 Å². The van der Waals surface area contributed by atoms with Crippen LogP contribution in [0.1, 0.15) is 18.9 Å². The van der Waals surface area contributed by atoms with Gasteiger partial charge in [0.1, 0.15) is 11.3 Å². The van der Waals surface area contributed by atoms with Crippen molar-refractivity contribution in [2.75, 3.05) is 0 Å². The fourth-order valence-corrected chi connectivity index (χ4v) is 2.38. The Bertz CT molecular complexity index is 744. The molecule has 1 aromatic carbocycles. The van der Waals surface area contributed by atoms with Crippen molar-refractivity contribution < 1.29 is 0 Å². The van der Waals surface area contributed by atoms with Crippen LogP contribution >= 0.6 is 0 Å². The van der Waals surface area contributed by atoms with Crippen LogP contribution in [0.5, 0.6) is 0 Å². The number of pyridine rings is 1. The molecule has 0 unspecified atom stereocenters. The lowest BCUT2D eigenvalue weighted by molar-refractivity contribution is 0.922. The van der Waals surface area contributed by atoms with Gasteiger partial charge < -0.3 is 0 Å². The minimum atomic E-state index is 0.351. The first-order valence-corrected chi connectivity index (χ1v) is 6.73. The van der Waals surface area contributed by atoms with E-state index in [0.717, 1.165) is 24.1 Å². The standard InChI is InChI=1S/C16H15N3O/c1-2-5-12-7-9-13(10-8-12)15-16(18-20)19-11-4-3-6-14(19)17-15/h3-4,6-11H,2,5H2,1H3. The van der Waals surface area contributed by atoms with E-state index < -0.39 is 0 Å². The molecule has 0 saturated heterocycles. The number of imidazole rings is 1. The summed E-state index contributed by atoms with van der Waals surface area (Å²) in [4.78, 5) is 15.6. The molecule has 20 heavy (non-hydrogen) atoms. The summed E-state index contributed by atoms with van der Waals surface area (Å²) in [5, 5.41) is 3.14. The van der Waals surface area contributed by atoms with Gasteiger partial charge in [-0.15, -0.1) is 4.91 Å². The van der Waals surface area contributed by atoms with Crippen LogP contribution in [-0.2, 0) is 6.42 Å². The molecule has 0 radical (unpaired) electrons. The molecule has 3 rings (SSSR count). The number of rotatable bonds is 4. The third-order valence-electron chi connectivity index (χ3n) is 3.36. The van der Waals surface area contributed by atoms with E-state index in [1.165, 1.54) is 5.56 Å². The maximum absolute atomic E-state index is 11.1. The Morgan fingerprint density at radius 3 is 2.65 bits per heavy atom. The monoisotopic (exact) mass is 265 g/mol. The van der Waals surface area contributed by atoms with Gasteiger partial charge in [-0.2, -0.15) is 0 Å². The zero-order chi connectivity index (χ0) is 13.9. The molecule has 0 saturated carbocycles. The van der Waals surface area contributed by atoms with Crippen LogP contribution in [0.4, 0.5) is 5.82 Å². The molecule has 0 bridgehead atoms. The average molecular weight is 265 g/mol. The first kappa shape index (κ1) is 12.5. The van der Waals surface area contributed by atoms with Crippen LogP contribution in [0.2, 0.25) is 0 Å². The van der Waals surface area contributed by atoms with Gasteiger partial charge in [-0.25, -0.2) is 4.98 Å². The number of hydrogen-bond donors (Lipinski definition) is 0. The lowest BCUT2D eigenvalue weighted by Crippen LogP contribution is -1.84. The minimum Gasteiger partial charge on any atom is -0.281 e. The van der Waals surface area contributed by atoms with Gasteiger partial charge in [0.2, 0.25) is 5.82 Å². The van der Waals surface area contributed by atoms with Gasteiger partial charge in [0, 0.05) is 11.8 Å². The normalized spacial score (nSPS) is 10.8. The Morgan fingerprint density at radius 2 is 1.95 bits per heavy atom. The topological polar surface area (TPSA) is 46.7 Å². The van der Waals surface area contributed by atoms with Gasteiger partial charge in [0.05, 0.1) is 0 Å². The molecular weight excluding hydrogens is 250 g/mol. The van der Waals surface area contributed by atoms with Crippen LogP contribution in [0, 0.1) is 4.91 Å². The molecule has 4 heteroatoms. The van der Waals surface area contributed by atoms with E-state index in [1.807, 2.05) is 30.3 Å². The van der Waals surface area contributed by atoms with Gasteiger partial charge in [0.15, 0.2) is 0 Å². The zero-order valence-corrected chi connectivity index (χ0v) is 11.3. The van der Waals surface area contributed by atoms with Crippen LogP contribution in [0.3, 0.4) is 0 Å². The van der Waals surface area contributed by atoms with E-state index in [9.17, 15) is 4.91 Å². The van der Waals surface area contributed by atoms with Crippen molar-refractivity contribution >= 4 is 11.5 Å². The predicted molar refractivity (Wildman–Crippen MR) is 80.1 cm³/mol. The summed E-state index contributed by atoms with van der Waals surface area (Å²) in [7, 11) is 0. The highest BCUT2D eigenvalue weighted by Crippen LogP contribution is 2.30. The molecule has 2 aromatic heterocycles. The molecule has 0 aliphatic heterocycles. The van der Waals surface area contributed by atoms with Crippen molar-refractivity contribution in [2.45, 2.75) is 19.8 Å². The third-order valence-corrected chi connectivity index (χ3v) is 3.36. The number of aryl methyl sites for hydroxylation is 1. The number of fused-ring (bicyclic) bond motifs is 1. The minimum absolute atomic E-state index is 0.351. The summed E-state index contributed by atoms with van der Waals surface area (Å²) >= 11 is 0. The molecule has 0 atom stereocenters. The van der Waals surface area contributed by atoms with Gasteiger partial charge in [-0.05, 0) is 29.3 Å². The molecule has 0 spiro atoms. The number of nitrogens with zero attached hydrogens (tertiary/aromatic N) is 3. The largest absolute Gasteiger partial charge is 0.281 e. The van der Waals surface area contributed by atoms with Gasteiger partial charge in [0.25, 0.3) is 0 Å². The molecule has 100 valence electrons. The van der Waals surface area contributed by atoms with Crippen LogP contribution < -0.4 is 0 Å². The summed E-state index contributed by atoms with van der Waals surface area (Å²) in [5.74, 6) is 0.351. The van der Waals surface area contributed by atoms with E-state index in [4.69, 9.17) is 0 Å². The number of benzene rings is 1.